The minimum Gasteiger partial charge on any atom is -0.493 e. The van der Waals surface area contributed by atoms with Crippen LogP contribution in [0.25, 0.3) is 22.3 Å². The zero-order chi connectivity index (χ0) is 17.9. The fraction of sp³-hybridized carbons (Fsp3) is 0.158. The normalized spacial score (nSPS) is 11.0. The summed E-state index contributed by atoms with van der Waals surface area (Å²) in [6.45, 7) is 2.61. The lowest BCUT2D eigenvalue weighted by Crippen LogP contribution is -2.21. The van der Waals surface area contributed by atoms with Gasteiger partial charge in [0.05, 0.1) is 29.4 Å². The summed E-state index contributed by atoms with van der Waals surface area (Å²) >= 11 is 0. The SMILES string of the molecule is CCOc1ccccc1-c1noc(Cn2cnc3ccccc3c2=O)n1. The molecule has 0 aliphatic carbocycles. The van der Waals surface area contributed by atoms with Crippen molar-refractivity contribution in [3.63, 3.8) is 0 Å². The summed E-state index contributed by atoms with van der Waals surface area (Å²) in [4.78, 5) is 21.3. The van der Waals surface area contributed by atoms with Gasteiger partial charge in [0, 0.05) is 0 Å². The average Bonchev–Trinajstić information content (AvgIpc) is 3.13. The van der Waals surface area contributed by atoms with Crippen LogP contribution in [0.5, 0.6) is 5.75 Å². The summed E-state index contributed by atoms with van der Waals surface area (Å²) in [6, 6.07) is 14.7. The van der Waals surface area contributed by atoms with Crippen molar-refractivity contribution < 1.29 is 9.26 Å². The number of ether oxygens (including phenoxy) is 1. The Morgan fingerprint density at radius 3 is 2.81 bits per heavy atom. The average molecular weight is 348 g/mol. The molecule has 4 aromatic rings. The molecule has 0 unspecified atom stereocenters. The zero-order valence-corrected chi connectivity index (χ0v) is 14.1. The molecule has 0 atom stereocenters. The molecule has 2 aromatic carbocycles. The van der Waals surface area contributed by atoms with Gasteiger partial charge in [0.1, 0.15) is 12.3 Å². The Morgan fingerprint density at radius 2 is 1.92 bits per heavy atom. The number of benzene rings is 2. The smallest absolute Gasteiger partial charge is 0.261 e. The molecule has 0 radical (unpaired) electrons. The van der Waals surface area contributed by atoms with E-state index in [2.05, 4.69) is 15.1 Å². The van der Waals surface area contributed by atoms with E-state index in [1.54, 1.807) is 12.1 Å². The van der Waals surface area contributed by atoms with Crippen LogP contribution in [0.3, 0.4) is 0 Å². The Morgan fingerprint density at radius 1 is 1.12 bits per heavy atom. The standard InChI is InChI=1S/C19H16N4O3/c1-2-25-16-10-6-4-8-14(16)18-21-17(26-22-18)11-23-12-20-15-9-5-3-7-13(15)19(23)24/h3-10,12H,2,11H2,1H3. The van der Waals surface area contributed by atoms with Crippen molar-refractivity contribution in [1.82, 2.24) is 19.7 Å². The van der Waals surface area contributed by atoms with E-state index in [4.69, 9.17) is 9.26 Å². The first kappa shape index (κ1) is 16.0. The van der Waals surface area contributed by atoms with E-state index in [-0.39, 0.29) is 12.1 Å². The molecule has 0 aliphatic heterocycles. The predicted molar refractivity (Wildman–Crippen MR) is 96.0 cm³/mol. The summed E-state index contributed by atoms with van der Waals surface area (Å²) in [5.41, 5.74) is 1.25. The van der Waals surface area contributed by atoms with Crippen molar-refractivity contribution in [2.24, 2.45) is 0 Å². The lowest BCUT2D eigenvalue weighted by molar-refractivity contribution is 0.340. The fourth-order valence-corrected chi connectivity index (χ4v) is 2.73. The molecule has 0 amide bonds. The maximum absolute atomic E-state index is 12.6. The largest absolute Gasteiger partial charge is 0.493 e. The third-order valence-electron chi connectivity index (χ3n) is 3.93. The summed E-state index contributed by atoms with van der Waals surface area (Å²) in [5, 5.41) is 4.57. The number of para-hydroxylation sites is 2. The molecule has 26 heavy (non-hydrogen) atoms. The van der Waals surface area contributed by atoms with Crippen molar-refractivity contribution in [1.29, 1.82) is 0 Å². The van der Waals surface area contributed by atoms with Crippen LogP contribution in [0, 0.1) is 0 Å². The van der Waals surface area contributed by atoms with E-state index < -0.39 is 0 Å². The van der Waals surface area contributed by atoms with Gasteiger partial charge in [-0.25, -0.2) is 4.98 Å². The molecule has 0 fully saturated rings. The zero-order valence-electron chi connectivity index (χ0n) is 14.1. The van der Waals surface area contributed by atoms with Crippen LogP contribution in [-0.2, 0) is 6.54 Å². The molecular formula is C19H16N4O3. The van der Waals surface area contributed by atoms with Crippen molar-refractivity contribution in [3.05, 3.63) is 71.1 Å². The quantitative estimate of drug-likeness (QED) is 0.551. The molecule has 4 rings (SSSR count). The second-order valence-corrected chi connectivity index (χ2v) is 5.64. The van der Waals surface area contributed by atoms with Crippen LogP contribution >= 0.6 is 0 Å². The van der Waals surface area contributed by atoms with Gasteiger partial charge in [0.15, 0.2) is 0 Å². The highest BCUT2D eigenvalue weighted by molar-refractivity contribution is 5.76. The number of fused-ring (bicyclic) bond motifs is 1. The van der Waals surface area contributed by atoms with Gasteiger partial charge < -0.3 is 9.26 Å². The monoisotopic (exact) mass is 348 g/mol. The first-order chi connectivity index (χ1) is 12.8. The predicted octanol–water partition coefficient (Wildman–Crippen LogP) is 2.89. The first-order valence-corrected chi connectivity index (χ1v) is 8.25. The molecule has 0 saturated heterocycles. The molecule has 0 N–H and O–H groups in total. The van der Waals surface area contributed by atoms with E-state index in [1.807, 2.05) is 43.3 Å². The summed E-state index contributed by atoms with van der Waals surface area (Å²) in [7, 11) is 0. The molecule has 0 aliphatic rings. The molecule has 0 bridgehead atoms. The van der Waals surface area contributed by atoms with Gasteiger partial charge in [-0.1, -0.05) is 29.4 Å². The van der Waals surface area contributed by atoms with Crippen molar-refractivity contribution >= 4 is 10.9 Å². The van der Waals surface area contributed by atoms with Gasteiger partial charge in [-0.3, -0.25) is 9.36 Å². The van der Waals surface area contributed by atoms with Crippen LogP contribution in [0.1, 0.15) is 12.8 Å². The van der Waals surface area contributed by atoms with Crippen molar-refractivity contribution in [2.45, 2.75) is 13.5 Å². The third kappa shape index (κ3) is 2.95. The van der Waals surface area contributed by atoms with E-state index in [0.717, 1.165) is 5.56 Å². The number of aromatic nitrogens is 4. The highest BCUT2D eigenvalue weighted by atomic mass is 16.5. The van der Waals surface area contributed by atoms with Crippen LogP contribution in [0.4, 0.5) is 0 Å². The molecule has 0 saturated carbocycles. The summed E-state index contributed by atoms with van der Waals surface area (Å²) in [5.74, 6) is 1.43. The third-order valence-corrected chi connectivity index (χ3v) is 3.93. The van der Waals surface area contributed by atoms with Gasteiger partial charge in [-0.2, -0.15) is 4.98 Å². The second kappa shape index (κ2) is 6.79. The van der Waals surface area contributed by atoms with Crippen LogP contribution < -0.4 is 10.3 Å². The highest BCUT2D eigenvalue weighted by Crippen LogP contribution is 2.27. The lowest BCUT2D eigenvalue weighted by Gasteiger charge is -2.06. The van der Waals surface area contributed by atoms with E-state index in [1.165, 1.54) is 10.9 Å². The Kier molecular flexibility index (Phi) is 4.18. The highest BCUT2D eigenvalue weighted by Gasteiger charge is 2.14. The topological polar surface area (TPSA) is 83.0 Å². The molecule has 7 heteroatoms. The molecule has 130 valence electrons. The number of nitrogens with zero attached hydrogens (tertiary/aromatic N) is 4. The van der Waals surface area contributed by atoms with Gasteiger partial charge in [-0.05, 0) is 31.2 Å². The maximum Gasteiger partial charge on any atom is 0.261 e. The number of hydrogen-bond donors (Lipinski definition) is 0. The number of hydrogen-bond acceptors (Lipinski definition) is 6. The first-order valence-electron chi connectivity index (χ1n) is 8.25. The minimum atomic E-state index is -0.148. The number of rotatable bonds is 5. The molecule has 2 aromatic heterocycles. The molecule has 0 spiro atoms. The Bertz CT molecular complexity index is 1120. The Labute approximate surface area is 148 Å². The molecular weight excluding hydrogens is 332 g/mol. The van der Waals surface area contributed by atoms with Gasteiger partial charge >= 0.3 is 0 Å². The van der Waals surface area contributed by atoms with Gasteiger partial charge in [-0.15, -0.1) is 0 Å². The van der Waals surface area contributed by atoms with Gasteiger partial charge in [0.25, 0.3) is 5.56 Å². The molecule has 7 nitrogen and oxygen atoms in total. The lowest BCUT2D eigenvalue weighted by atomic mass is 10.2. The van der Waals surface area contributed by atoms with Crippen LogP contribution in [-0.4, -0.2) is 26.3 Å². The molecule has 2 heterocycles. The van der Waals surface area contributed by atoms with E-state index >= 15 is 0 Å². The van der Waals surface area contributed by atoms with Crippen molar-refractivity contribution in [3.8, 4) is 17.1 Å². The van der Waals surface area contributed by atoms with Crippen molar-refractivity contribution in [2.75, 3.05) is 6.61 Å². The second-order valence-electron chi connectivity index (χ2n) is 5.64. The minimum absolute atomic E-state index is 0.148. The van der Waals surface area contributed by atoms with Crippen LogP contribution in [0.2, 0.25) is 0 Å². The fourth-order valence-electron chi connectivity index (χ4n) is 2.73. The van der Waals surface area contributed by atoms with E-state index in [0.29, 0.717) is 35.0 Å². The Hall–Kier alpha value is -3.48. The summed E-state index contributed by atoms with van der Waals surface area (Å²) in [6.07, 6.45) is 1.49. The maximum atomic E-state index is 12.6. The van der Waals surface area contributed by atoms with E-state index in [9.17, 15) is 4.79 Å². The van der Waals surface area contributed by atoms with Crippen LogP contribution in [0.15, 0.2) is 64.2 Å². The Balaban J connectivity index is 1.66. The van der Waals surface area contributed by atoms with Gasteiger partial charge in [0.2, 0.25) is 11.7 Å². The summed E-state index contributed by atoms with van der Waals surface area (Å²) < 4.78 is 12.4.